The lowest BCUT2D eigenvalue weighted by Crippen LogP contribution is -2.30. The molecule has 0 bridgehead atoms. The number of nitrogens with two attached hydrogens (primary N) is 1. The van der Waals surface area contributed by atoms with Crippen LogP contribution in [0.25, 0.3) is 0 Å². The van der Waals surface area contributed by atoms with E-state index in [0.717, 1.165) is 15.9 Å². The molecule has 1 heterocycles. The Balaban J connectivity index is 2.10. The van der Waals surface area contributed by atoms with E-state index in [1.807, 2.05) is 43.3 Å². The first-order chi connectivity index (χ1) is 10.9. The van der Waals surface area contributed by atoms with E-state index in [1.165, 1.54) is 6.20 Å². The Hall–Kier alpha value is -2.54. The molecule has 0 aliphatic carbocycles. The van der Waals surface area contributed by atoms with Crippen LogP contribution in [0.4, 0.5) is 11.4 Å². The molecule has 7 nitrogen and oxygen atoms in total. The Morgan fingerprint density at radius 1 is 1.35 bits per heavy atom. The number of anilines is 2. The van der Waals surface area contributed by atoms with E-state index in [9.17, 15) is 9.59 Å². The number of carbonyl (C=O) groups is 1. The number of aromatic nitrogens is 2. The first-order valence-corrected chi connectivity index (χ1v) is 7.30. The molecule has 0 aliphatic rings. The second-order valence-corrected chi connectivity index (χ2v) is 5.59. The summed E-state index contributed by atoms with van der Waals surface area (Å²) in [6.45, 7) is 0.194. The highest BCUT2D eigenvalue weighted by atomic mass is 35.5. The van der Waals surface area contributed by atoms with Gasteiger partial charge in [-0.05, 0) is 17.7 Å². The molecule has 23 heavy (non-hydrogen) atoms. The highest BCUT2D eigenvalue weighted by molar-refractivity contribution is 6.32. The van der Waals surface area contributed by atoms with Gasteiger partial charge in [-0.25, -0.2) is 4.68 Å². The minimum Gasteiger partial charge on any atom is -0.378 e. The van der Waals surface area contributed by atoms with Gasteiger partial charge in [0.25, 0.3) is 5.56 Å². The topological polar surface area (TPSA) is 93.2 Å². The van der Waals surface area contributed by atoms with Gasteiger partial charge in [0.15, 0.2) is 0 Å². The lowest BCUT2D eigenvalue weighted by molar-refractivity contribution is -0.118. The summed E-state index contributed by atoms with van der Waals surface area (Å²) < 4.78 is 0.932. The van der Waals surface area contributed by atoms with Crippen molar-refractivity contribution in [3.05, 3.63) is 51.4 Å². The molecule has 1 aromatic heterocycles. The number of hydrogen-bond donors (Lipinski definition) is 2. The van der Waals surface area contributed by atoms with Gasteiger partial charge in [0.1, 0.15) is 11.6 Å². The van der Waals surface area contributed by atoms with Gasteiger partial charge in [0.2, 0.25) is 5.91 Å². The molecular weight excluding hydrogens is 318 g/mol. The number of hydrogen-bond acceptors (Lipinski definition) is 5. The summed E-state index contributed by atoms with van der Waals surface area (Å²) in [5.41, 5.74) is 7.04. The molecule has 0 spiro atoms. The molecule has 2 aromatic rings. The predicted molar refractivity (Wildman–Crippen MR) is 90.8 cm³/mol. The lowest BCUT2D eigenvalue weighted by Gasteiger charge is -2.13. The van der Waals surface area contributed by atoms with Gasteiger partial charge in [-0.15, -0.1) is 0 Å². The van der Waals surface area contributed by atoms with Crippen LogP contribution in [0.5, 0.6) is 0 Å². The average Bonchev–Trinajstić information content (AvgIpc) is 2.51. The lowest BCUT2D eigenvalue weighted by atomic mass is 10.2. The molecule has 0 saturated heterocycles. The zero-order valence-electron chi connectivity index (χ0n) is 12.9. The van der Waals surface area contributed by atoms with E-state index < -0.39 is 11.5 Å². The van der Waals surface area contributed by atoms with Gasteiger partial charge in [-0.3, -0.25) is 9.59 Å². The van der Waals surface area contributed by atoms with Crippen molar-refractivity contribution in [3.8, 4) is 0 Å². The summed E-state index contributed by atoms with van der Waals surface area (Å²) in [6, 6.07) is 7.97. The summed E-state index contributed by atoms with van der Waals surface area (Å²) >= 11 is 6.02. The van der Waals surface area contributed by atoms with Crippen LogP contribution in [0.15, 0.2) is 35.3 Å². The van der Waals surface area contributed by atoms with Crippen LogP contribution < -0.4 is 21.5 Å². The van der Waals surface area contributed by atoms with Crippen molar-refractivity contribution >= 4 is 28.9 Å². The zero-order valence-corrected chi connectivity index (χ0v) is 13.7. The van der Waals surface area contributed by atoms with Crippen molar-refractivity contribution in [2.24, 2.45) is 5.73 Å². The van der Waals surface area contributed by atoms with Crippen molar-refractivity contribution in [2.45, 2.75) is 13.1 Å². The van der Waals surface area contributed by atoms with Crippen molar-refractivity contribution in [3.63, 3.8) is 0 Å². The largest absolute Gasteiger partial charge is 0.378 e. The minimum atomic E-state index is -0.655. The maximum atomic E-state index is 12.0. The Morgan fingerprint density at radius 3 is 2.57 bits per heavy atom. The standard InChI is InChI=1S/C15H18ClN5O2/c1-20(2)11-5-3-10(4-6-11)7-18-12-8-19-21(9-13(17)22)15(23)14(12)16/h3-6,8,18H,7,9H2,1-2H3,(H2,17,22). The Morgan fingerprint density at radius 2 is 2.00 bits per heavy atom. The highest BCUT2D eigenvalue weighted by Gasteiger charge is 2.10. The Labute approximate surface area is 138 Å². The molecule has 0 aliphatic heterocycles. The molecule has 8 heteroatoms. The molecule has 0 radical (unpaired) electrons. The van der Waals surface area contributed by atoms with Crippen LogP contribution in [0.1, 0.15) is 5.56 Å². The summed E-state index contributed by atoms with van der Waals surface area (Å²) in [4.78, 5) is 24.8. The predicted octanol–water partition coefficient (Wildman–Crippen LogP) is 1.06. The third kappa shape index (κ3) is 4.23. The third-order valence-electron chi connectivity index (χ3n) is 3.23. The van der Waals surface area contributed by atoms with Crippen LogP contribution in [0.2, 0.25) is 5.02 Å². The normalized spacial score (nSPS) is 10.4. The number of primary amides is 1. The van der Waals surface area contributed by atoms with E-state index in [-0.39, 0.29) is 11.6 Å². The SMILES string of the molecule is CN(C)c1ccc(CNc2cnn(CC(N)=O)c(=O)c2Cl)cc1. The zero-order chi connectivity index (χ0) is 17.0. The third-order valence-corrected chi connectivity index (χ3v) is 3.59. The van der Waals surface area contributed by atoms with Gasteiger partial charge in [-0.2, -0.15) is 5.10 Å². The minimum absolute atomic E-state index is 0.0221. The monoisotopic (exact) mass is 335 g/mol. The first kappa shape index (κ1) is 16.8. The number of halogens is 1. The van der Waals surface area contributed by atoms with Gasteiger partial charge in [-0.1, -0.05) is 23.7 Å². The van der Waals surface area contributed by atoms with Gasteiger partial charge in [0, 0.05) is 26.3 Å². The molecule has 1 amide bonds. The number of rotatable bonds is 6. The number of nitrogens with one attached hydrogen (secondary N) is 1. The van der Waals surface area contributed by atoms with Crippen LogP contribution in [-0.4, -0.2) is 29.8 Å². The van der Waals surface area contributed by atoms with Gasteiger partial charge < -0.3 is 16.0 Å². The van der Waals surface area contributed by atoms with Gasteiger partial charge in [0.05, 0.1) is 11.9 Å². The molecule has 0 fully saturated rings. The molecule has 3 N–H and O–H groups in total. The van der Waals surface area contributed by atoms with Crippen molar-refractivity contribution in [2.75, 3.05) is 24.3 Å². The van der Waals surface area contributed by atoms with Gasteiger partial charge >= 0.3 is 0 Å². The van der Waals surface area contributed by atoms with Crippen molar-refractivity contribution < 1.29 is 4.79 Å². The highest BCUT2D eigenvalue weighted by Crippen LogP contribution is 2.17. The van der Waals surface area contributed by atoms with E-state index in [1.54, 1.807) is 0 Å². The summed E-state index contributed by atoms with van der Waals surface area (Å²) in [6.07, 6.45) is 1.40. The van der Waals surface area contributed by atoms with Crippen LogP contribution in [-0.2, 0) is 17.9 Å². The smallest absolute Gasteiger partial charge is 0.288 e. The summed E-state index contributed by atoms with van der Waals surface area (Å²) in [5, 5.41) is 6.92. The maximum Gasteiger partial charge on any atom is 0.288 e. The Bertz CT molecular complexity index is 755. The number of nitrogens with zero attached hydrogens (tertiary/aromatic N) is 3. The first-order valence-electron chi connectivity index (χ1n) is 6.92. The molecule has 2 rings (SSSR count). The van der Waals surface area contributed by atoms with E-state index in [0.29, 0.717) is 12.2 Å². The fourth-order valence-corrected chi connectivity index (χ4v) is 2.17. The maximum absolute atomic E-state index is 12.0. The van der Waals surface area contributed by atoms with Crippen molar-refractivity contribution in [1.82, 2.24) is 9.78 Å². The Kier molecular flexibility index (Phi) is 5.23. The second-order valence-electron chi connectivity index (χ2n) is 5.22. The second kappa shape index (κ2) is 7.15. The van der Waals surface area contributed by atoms with Crippen LogP contribution >= 0.6 is 11.6 Å². The molecule has 122 valence electrons. The van der Waals surface area contributed by atoms with E-state index in [4.69, 9.17) is 17.3 Å². The molecule has 0 saturated carbocycles. The van der Waals surface area contributed by atoms with Crippen LogP contribution in [0, 0.1) is 0 Å². The number of amides is 1. The molecule has 0 atom stereocenters. The molecule has 1 aromatic carbocycles. The quantitative estimate of drug-likeness (QED) is 0.823. The fraction of sp³-hybridized carbons (Fsp3) is 0.267. The average molecular weight is 336 g/mol. The molecular formula is C15H18ClN5O2. The van der Waals surface area contributed by atoms with E-state index >= 15 is 0 Å². The number of benzene rings is 1. The van der Waals surface area contributed by atoms with E-state index in [2.05, 4.69) is 10.4 Å². The number of carbonyl (C=O) groups excluding carboxylic acids is 1. The fourth-order valence-electron chi connectivity index (χ4n) is 1.96. The summed E-state index contributed by atoms with van der Waals surface area (Å²) in [5.74, 6) is -0.655. The van der Waals surface area contributed by atoms with Crippen LogP contribution in [0.3, 0.4) is 0 Å². The summed E-state index contributed by atoms with van der Waals surface area (Å²) in [7, 11) is 3.94. The van der Waals surface area contributed by atoms with Crippen molar-refractivity contribution in [1.29, 1.82) is 0 Å². The molecule has 0 unspecified atom stereocenters.